The summed E-state index contributed by atoms with van der Waals surface area (Å²) in [5.41, 5.74) is 5.44. The van der Waals surface area contributed by atoms with E-state index in [0.717, 1.165) is 0 Å². The lowest BCUT2D eigenvalue weighted by molar-refractivity contribution is -0.127. The Bertz CT molecular complexity index is 101. The van der Waals surface area contributed by atoms with Crippen molar-refractivity contribution in [3.8, 4) is 0 Å². The first-order valence-electron chi connectivity index (χ1n) is 3.01. The van der Waals surface area contributed by atoms with Gasteiger partial charge in [-0.15, -0.1) is 0 Å². The molecule has 0 aromatic carbocycles. The second kappa shape index (κ2) is 3.45. The minimum absolute atomic E-state index is 0.0623. The molecule has 0 aliphatic heterocycles. The largest absolute Gasteiger partial charge is 0.344 e. The van der Waals surface area contributed by atoms with Crippen LogP contribution in [0, 0.1) is 0 Å². The quantitative estimate of drug-likeness (QED) is 0.563. The van der Waals surface area contributed by atoms with E-state index < -0.39 is 0 Å². The number of carbonyl (C=O) groups is 1. The van der Waals surface area contributed by atoms with Gasteiger partial charge in [0.2, 0.25) is 5.91 Å². The molecule has 1 atom stereocenters. The Balaban J connectivity index is 3.50. The SMILES string of the molecule is CC(=O)N(C)C[C@H](C)N. The van der Waals surface area contributed by atoms with Crippen LogP contribution in [0.4, 0.5) is 0 Å². The molecule has 1 amide bonds. The van der Waals surface area contributed by atoms with Crippen LogP contribution < -0.4 is 5.73 Å². The average molecular weight is 130 g/mol. The number of rotatable bonds is 2. The second-order valence-electron chi connectivity index (χ2n) is 2.38. The first kappa shape index (κ1) is 8.43. The first-order chi connectivity index (χ1) is 4.04. The normalized spacial score (nSPS) is 12.9. The summed E-state index contributed by atoms with van der Waals surface area (Å²) in [4.78, 5) is 12.2. The third-order valence-electron chi connectivity index (χ3n) is 1.10. The van der Waals surface area contributed by atoms with Crippen molar-refractivity contribution < 1.29 is 4.79 Å². The molecule has 0 bridgehead atoms. The maximum atomic E-state index is 10.5. The highest BCUT2D eigenvalue weighted by Gasteiger charge is 2.02. The molecule has 3 nitrogen and oxygen atoms in total. The summed E-state index contributed by atoms with van der Waals surface area (Å²) in [6.07, 6.45) is 0. The lowest BCUT2D eigenvalue weighted by Crippen LogP contribution is -2.35. The third-order valence-corrected chi connectivity index (χ3v) is 1.10. The monoisotopic (exact) mass is 130 g/mol. The van der Waals surface area contributed by atoms with E-state index in [2.05, 4.69) is 0 Å². The van der Waals surface area contributed by atoms with E-state index >= 15 is 0 Å². The lowest BCUT2D eigenvalue weighted by atomic mass is 10.3. The molecule has 54 valence electrons. The minimum atomic E-state index is 0.0623. The number of hydrogen-bond donors (Lipinski definition) is 1. The van der Waals surface area contributed by atoms with Crippen LogP contribution in [-0.4, -0.2) is 30.4 Å². The van der Waals surface area contributed by atoms with Crippen LogP contribution >= 0.6 is 0 Å². The van der Waals surface area contributed by atoms with Gasteiger partial charge in [-0.25, -0.2) is 0 Å². The van der Waals surface area contributed by atoms with Gasteiger partial charge in [0.25, 0.3) is 0 Å². The minimum Gasteiger partial charge on any atom is -0.344 e. The molecule has 0 rings (SSSR count). The summed E-state index contributed by atoms with van der Waals surface area (Å²) in [6, 6.07) is 0.0684. The van der Waals surface area contributed by atoms with Crippen LogP contribution in [-0.2, 0) is 4.79 Å². The van der Waals surface area contributed by atoms with Crippen molar-refractivity contribution in [2.45, 2.75) is 19.9 Å². The molecule has 3 heteroatoms. The molecule has 0 aliphatic rings. The van der Waals surface area contributed by atoms with Gasteiger partial charge in [-0.3, -0.25) is 4.79 Å². The maximum absolute atomic E-state index is 10.5. The predicted octanol–water partition coefficient (Wildman–Crippen LogP) is -0.188. The van der Waals surface area contributed by atoms with E-state index in [1.165, 1.54) is 6.92 Å². The van der Waals surface area contributed by atoms with Gasteiger partial charge in [0, 0.05) is 26.6 Å². The maximum Gasteiger partial charge on any atom is 0.219 e. The number of carbonyl (C=O) groups excluding carboxylic acids is 1. The summed E-state index contributed by atoms with van der Waals surface area (Å²) in [5, 5.41) is 0. The van der Waals surface area contributed by atoms with Crippen molar-refractivity contribution in [3.05, 3.63) is 0 Å². The summed E-state index contributed by atoms with van der Waals surface area (Å²) in [6.45, 7) is 4.04. The second-order valence-corrected chi connectivity index (χ2v) is 2.38. The van der Waals surface area contributed by atoms with E-state index in [1.807, 2.05) is 6.92 Å². The Morgan fingerprint density at radius 3 is 2.33 bits per heavy atom. The molecule has 0 aromatic rings. The fraction of sp³-hybridized carbons (Fsp3) is 0.833. The predicted molar refractivity (Wildman–Crippen MR) is 37.0 cm³/mol. The van der Waals surface area contributed by atoms with Crippen LogP contribution in [0.5, 0.6) is 0 Å². The Kier molecular flexibility index (Phi) is 3.24. The van der Waals surface area contributed by atoms with Gasteiger partial charge >= 0.3 is 0 Å². The van der Waals surface area contributed by atoms with Gasteiger partial charge in [0.15, 0.2) is 0 Å². The molecule has 0 radical (unpaired) electrons. The zero-order valence-electron chi connectivity index (χ0n) is 6.22. The molecule has 0 unspecified atom stereocenters. The molecular formula is C6H14N2O. The number of nitrogens with zero attached hydrogens (tertiary/aromatic N) is 1. The standard InChI is InChI=1S/C6H14N2O/c1-5(7)4-8(3)6(2)9/h5H,4,7H2,1-3H3/t5-/m0/s1. The average Bonchev–Trinajstić information content (AvgIpc) is 1.63. The zero-order chi connectivity index (χ0) is 7.44. The van der Waals surface area contributed by atoms with Crippen molar-refractivity contribution in [1.29, 1.82) is 0 Å². The van der Waals surface area contributed by atoms with Gasteiger partial charge in [-0.05, 0) is 6.92 Å². The smallest absolute Gasteiger partial charge is 0.219 e. The van der Waals surface area contributed by atoms with Crippen molar-refractivity contribution in [2.75, 3.05) is 13.6 Å². The highest BCUT2D eigenvalue weighted by Crippen LogP contribution is 1.84. The number of nitrogens with two attached hydrogens (primary N) is 1. The van der Waals surface area contributed by atoms with Crippen molar-refractivity contribution in [2.24, 2.45) is 5.73 Å². The molecule has 0 fully saturated rings. The van der Waals surface area contributed by atoms with Gasteiger partial charge in [-0.2, -0.15) is 0 Å². The Hall–Kier alpha value is -0.570. The number of amides is 1. The van der Waals surface area contributed by atoms with Crippen molar-refractivity contribution >= 4 is 5.91 Å². The molecule has 0 aliphatic carbocycles. The summed E-state index contributed by atoms with van der Waals surface area (Å²) >= 11 is 0. The van der Waals surface area contributed by atoms with E-state index in [-0.39, 0.29) is 11.9 Å². The topological polar surface area (TPSA) is 46.3 Å². The fourth-order valence-electron chi connectivity index (χ4n) is 0.561. The Morgan fingerprint density at radius 1 is 1.78 bits per heavy atom. The van der Waals surface area contributed by atoms with Crippen LogP contribution in [0.3, 0.4) is 0 Å². The van der Waals surface area contributed by atoms with Gasteiger partial charge in [-0.1, -0.05) is 0 Å². The highest BCUT2D eigenvalue weighted by molar-refractivity contribution is 5.72. The van der Waals surface area contributed by atoms with E-state index in [4.69, 9.17) is 5.73 Å². The van der Waals surface area contributed by atoms with E-state index in [1.54, 1.807) is 11.9 Å². The molecule has 2 N–H and O–H groups in total. The molecule has 0 spiro atoms. The Morgan fingerprint density at radius 2 is 2.22 bits per heavy atom. The Labute approximate surface area is 55.8 Å². The van der Waals surface area contributed by atoms with Crippen molar-refractivity contribution in [3.63, 3.8) is 0 Å². The van der Waals surface area contributed by atoms with Crippen molar-refractivity contribution in [1.82, 2.24) is 4.90 Å². The van der Waals surface area contributed by atoms with Crippen LogP contribution in [0.1, 0.15) is 13.8 Å². The van der Waals surface area contributed by atoms with Gasteiger partial charge in [0.1, 0.15) is 0 Å². The molecule has 9 heavy (non-hydrogen) atoms. The first-order valence-corrected chi connectivity index (χ1v) is 3.01. The number of hydrogen-bond acceptors (Lipinski definition) is 2. The van der Waals surface area contributed by atoms with Gasteiger partial charge < -0.3 is 10.6 Å². The van der Waals surface area contributed by atoms with E-state index in [0.29, 0.717) is 6.54 Å². The fourth-order valence-corrected chi connectivity index (χ4v) is 0.561. The molecular weight excluding hydrogens is 116 g/mol. The molecule has 0 aromatic heterocycles. The highest BCUT2D eigenvalue weighted by atomic mass is 16.2. The van der Waals surface area contributed by atoms with Crippen LogP contribution in [0.15, 0.2) is 0 Å². The molecule has 0 saturated heterocycles. The molecule has 0 saturated carbocycles. The van der Waals surface area contributed by atoms with E-state index in [9.17, 15) is 4.79 Å². The van der Waals surface area contributed by atoms with Gasteiger partial charge in [0.05, 0.1) is 0 Å². The summed E-state index contributed by atoms with van der Waals surface area (Å²) < 4.78 is 0. The zero-order valence-corrected chi connectivity index (χ0v) is 6.22. The summed E-state index contributed by atoms with van der Waals surface area (Å²) in [7, 11) is 1.74. The lowest BCUT2D eigenvalue weighted by Gasteiger charge is -2.16. The summed E-state index contributed by atoms with van der Waals surface area (Å²) in [5.74, 6) is 0.0623. The molecule has 0 heterocycles. The third kappa shape index (κ3) is 3.97. The van der Waals surface area contributed by atoms with Crippen LogP contribution in [0.25, 0.3) is 0 Å². The number of likely N-dealkylation sites (N-methyl/N-ethyl adjacent to an activating group) is 1. The van der Waals surface area contributed by atoms with Crippen LogP contribution in [0.2, 0.25) is 0 Å².